The lowest BCUT2D eigenvalue weighted by Gasteiger charge is -2.15. The van der Waals surface area contributed by atoms with Gasteiger partial charge in [0.25, 0.3) is 0 Å². The van der Waals surface area contributed by atoms with Crippen LogP contribution < -0.4 is 20.7 Å². The Morgan fingerprint density at radius 1 is 1.16 bits per heavy atom. The third-order valence-electron chi connectivity index (χ3n) is 6.35. The summed E-state index contributed by atoms with van der Waals surface area (Å²) in [7, 11) is 1.77. The van der Waals surface area contributed by atoms with Gasteiger partial charge < -0.3 is 25.7 Å². The molecule has 2 fully saturated rings. The Kier molecular flexibility index (Phi) is 4.44. The standard InChI is InChI=1S/C22H23FN8O/c1-10-26-8-12(9-27-10)32-22-30-20(17-7-15-14(28-17)3-4-25-15)18-13-5-11(23)6-16(24-2)19(13)29-21(18)31-22/h5-6,8-9,14-15,17,24-25,28H,3-4,7H2,1-2H3,(H,29,30,31)/t14-,15-,17?/m0/s1. The molecule has 164 valence electrons. The fourth-order valence-corrected chi connectivity index (χ4v) is 4.89. The maximum atomic E-state index is 14.4. The number of aromatic nitrogens is 5. The molecule has 0 aliphatic carbocycles. The molecule has 2 aliphatic heterocycles. The van der Waals surface area contributed by atoms with Crippen molar-refractivity contribution < 1.29 is 9.13 Å². The van der Waals surface area contributed by atoms with Crippen LogP contribution in [0.4, 0.5) is 10.1 Å². The summed E-state index contributed by atoms with van der Waals surface area (Å²) in [6.45, 7) is 2.82. The molecule has 1 unspecified atom stereocenters. The van der Waals surface area contributed by atoms with Crippen molar-refractivity contribution in [2.45, 2.75) is 37.9 Å². The number of aryl methyl sites for hydroxylation is 1. The number of ether oxygens (including phenoxy) is 1. The van der Waals surface area contributed by atoms with Crippen LogP contribution in [0.25, 0.3) is 21.9 Å². The third-order valence-corrected chi connectivity index (χ3v) is 6.35. The monoisotopic (exact) mass is 434 g/mol. The van der Waals surface area contributed by atoms with E-state index in [2.05, 4.69) is 35.9 Å². The summed E-state index contributed by atoms with van der Waals surface area (Å²) in [5.74, 6) is 0.793. The third kappa shape index (κ3) is 3.14. The molecule has 0 amide bonds. The van der Waals surface area contributed by atoms with E-state index in [9.17, 15) is 4.39 Å². The highest BCUT2D eigenvalue weighted by Gasteiger charge is 2.39. The normalized spacial score (nSPS) is 22.5. The van der Waals surface area contributed by atoms with Gasteiger partial charge in [0.15, 0.2) is 5.75 Å². The zero-order valence-electron chi connectivity index (χ0n) is 17.7. The summed E-state index contributed by atoms with van der Waals surface area (Å²) in [4.78, 5) is 21.1. The molecule has 4 aromatic rings. The van der Waals surface area contributed by atoms with Gasteiger partial charge in [-0.2, -0.15) is 9.97 Å². The maximum Gasteiger partial charge on any atom is 0.324 e. The maximum absolute atomic E-state index is 14.4. The van der Waals surface area contributed by atoms with E-state index in [0.717, 1.165) is 41.4 Å². The fourth-order valence-electron chi connectivity index (χ4n) is 4.89. The molecule has 0 spiro atoms. The zero-order chi connectivity index (χ0) is 21.8. The molecule has 0 bridgehead atoms. The number of rotatable bonds is 4. The van der Waals surface area contributed by atoms with Gasteiger partial charge in [-0.1, -0.05) is 0 Å². The van der Waals surface area contributed by atoms with Crippen LogP contribution in [0, 0.1) is 12.7 Å². The van der Waals surface area contributed by atoms with Crippen LogP contribution in [0.15, 0.2) is 24.5 Å². The Morgan fingerprint density at radius 2 is 2.00 bits per heavy atom. The molecule has 3 aromatic heterocycles. The first-order valence-electron chi connectivity index (χ1n) is 10.8. The Balaban J connectivity index is 1.53. The highest BCUT2D eigenvalue weighted by Crippen LogP contribution is 2.39. The minimum Gasteiger partial charge on any atom is -0.421 e. The van der Waals surface area contributed by atoms with Gasteiger partial charge in [-0.15, -0.1) is 0 Å². The van der Waals surface area contributed by atoms with Crippen molar-refractivity contribution in [1.29, 1.82) is 0 Å². The first-order chi connectivity index (χ1) is 15.6. The number of halogens is 1. The first kappa shape index (κ1) is 19.3. The number of nitrogens with one attached hydrogen (secondary N) is 4. The van der Waals surface area contributed by atoms with Crippen LogP contribution in [-0.4, -0.2) is 50.6 Å². The van der Waals surface area contributed by atoms with Crippen LogP contribution in [-0.2, 0) is 0 Å². The number of benzene rings is 1. The molecule has 10 heteroatoms. The molecular formula is C22H23FN8O. The topological polar surface area (TPSA) is 113 Å². The lowest BCUT2D eigenvalue weighted by Crippen LogP contribution is -2.30. The van der Waals surface area contributed by atoms with Gasteiger partial charge in [0.1, 0.15) is 17.3 Å². The van der Waals surface area contributed by atoms with Crippen LogP contribution in [0.3, 0.4) is 0 Å². The molecule has 2 aliphatic rings. The molecule has 6 rings (SSSR count). The lowest BCUT2D eigenvalue weighted by atomic mass is 10.0. The summed E-state index contributed by atoms with van der Waals surface area (Å²) in [6.07, 6.45) is 5.16. The van der Waals surface area contributed by atoms with Gasteiger partial charge in [0, 0.05) is 24.5 Å². The molecule has 4 N–H and O–H groups in total. The summed E-state index contributed by atoms with van der Waals surface area (Å²) in [5.41, 5.74) is 2.85. The van der Waals surface area contributed by atoms with Crippen LogP contribution in [0.1, 0.15) is 30.4 Å². The summed E-state index contributed by atoms with van der Waals surface area (Å²) < 4.78 is 20.3. The molecule has 1 aromatic carbocycles. The number of hydrogen-bond acceptors (Lipinski definition) is 8. The van der Waals surface area contributed by atoms with Crippen LogP contribution >= 0.6 is 0 Å². The quantitative estimate of drug-likeness (QED) is 0.388. The van der Waals surface area contributed by atoms with E-state index in [1.54, 1.807) is 19.4 Å². The van der Waals surface area contributed by atoms with E-state index in [1.807, 2.05) is 6.92 Å². The molecule has 0 saturated carbocycles. The van der Waals surface area contributed by atoms with Gasteiger partial charge >= 0.3 is 6.01 Å². The second kappa shape index (κ2) is 7.35. The Morgan fingerprint density at radius 3 is 2.78 bits per heavy atom. The Hall–Kier alpha value is -3.37. The average molecular weight is 434 g/mol. The highest BCUT2D eigenvalue weighted by atomic mass is 19.1. The smallest absolute Gasteiger partial charge is 0.324 e. The van der Waals surface area contributed by atoms with E-state index in [4.69, 9.17) is 9.72 Å². The van der Waals surface area contributed by atoms with E-state index in [1.165, 1.54) is 12.1 Å². The van der Waals surface area contributed by atoms with E-state index >= 15 is 0 Å². The number of anilines is 1. The predicted molar refractivity (Wildman–Crippen MR) is 118 cm³/mol. The number of nitrogens with zero attached hydrogens (tertiary/aromatic N) is 4. The Bertz CT molecular complexity index is 1310. The number of hydrogen-bond donors (Lipinski definition) is 4. The van der Waals surface area contributed by atoms with E-state index in [-0.39, 0.29) is 17.9 Å². The van der Waals surface area contributed by atoms with Crippen molar-refractivity contribution in [2.75, 3.05) is 18.9 Å². The lowest BCUT2D eigenvalue weighted by molar-refractivity contribution is 0.432. The van der Waals surface area contributed by atoms with Crippen LogP contribution in [0.5, 0.6) is 11.8 Å². The largest absolute Gasteiger partial charge is 0.421 e. The highest BCUT2D eigenvalue weighted by molar-refractivity contribution is 6.11. The second-order valence-corrected chi connectivity index (χ2v) is 8.34. The van der Waals surface area contributed by atoms with Gasteiger partial charge in [-0.25, -0.2) is 14.4 Å². The van der Waals surface area contributed by atoms with Crippen molar-refractivity contribution >= 4 is 27.6 Å². The molecule has 32 heavy (non-hydrogen) atoms. The minimum absolute atomic E-state index is 0.000205. The second-order valence-electron chi connectivity index (χ2n) is 8.34. The summed E-state index contributed by atoms with van der Waals surface area (Å²) in [6, 6.07) is 3.99. The molecular weight excluding hydrogens is 411 g/mol. The van der Waals surface area contributed by atoms with Crippen molar-refractivity contribution in [2.24, 2.45) is 0 Å². The number of H-pyrrole nitrogens is 1. The zero-order valence-corrected chi connectivity index (χ0v) is 17.7. The summed E-state index contributed by atoms with van der Waals surface area (Å²) in [5, 5.41) is 11.9. The van der Waals surface area contributed by atoms with Gasteiger partial charge in [-0.05, 0) is 38.4 Å². The van der Waals surface area contributed by atoms with Gasteiger partial charge in [0.2, 0.25) is 0 Å². The van der Waals surface area contributed by atoms with E-state index < -0.39 is 0 Å². The molecule has 2 saturated heterocycles. The van der Waals surface area contributed by atoms with Crippen molar-refractivity contribution in [3.8, 4) is 11.8 Å². The van der Waals surface area contributed by atoms with Gasteiger partial charge in [0.05, 0.1) is 40.7 Å². The SMILES string of the molecule is CNc1cc(F)cc2c1[nH]c1nc(Oc3cnc(C)nc3)nc(C3C[C@@H]4NCC[C@@H]4N3)c12. The fraction of sp³-hybridized carbons (Fsp3) is 0.364. The number of fused-ring (bicyclic) bond motifs is 4. The molecule has 5 heterocycles. The van der Waals surface area contributed by atoms with Crippen LogP contribution in [0.2, 0.25) is 0 Å². The Labute approximate surface area is 183 Å². The van der Waals surface area contributed by atoms with Crippen molar-refractivity contribution in [1.82, 2.24) is 35.6 Å². The van der Waals surface area contributed by atoms with Crippen molar-refractivity contribution in [3.05, 3.63) is 41.9 Å². The van der Waals surface area contributed by atoms with Crippen molar-refractivity contribution in [3.63, 3.8) is 0 Å². The minimum atomic E-state index is -0.316. The van der Waals surface area contributed by atoms with E-state index in [0.29, 0.717) is 35.0 Å². The molecule has 0 radical (unpaired) electrons. The molecule has 3 atom stereocenters. The summed E-state index contributed by atoms with van der Waals surface area (Å²) >= 11 is 0. The van der Waals surface area contributed by atoms with Gasteiger partial charge in [-0.3, -0.25) is 0 Å². The predicted octanol–water partition coefficient (Wildman–Crippen LogP) is 2.95. The number of aromatic amines is 1. The first-order valence-corrected chi connectivity index (χ1v) is 10.8. The molecule has 9 nitrogen and oxygen atoms in total. The average Bonchev–Trinajstić information content (AvgIpc) is 3.47.